The molecule has 0 spiro atoms. The fourth-order valence-electron chi connectivity index (χ4n) is 14.2. The van der Waals surface area contributed by atoms with Crippen LogP contribution < -0.4 is 0 Å². The molecule has 10 fully saturated rings. The third-order valence-corrected chi connectivity index (χ3v) is 19.0. The van der Waals surface area contributed by atoms with Crippen molar-refractivity contribution in [2.24, 2.45) is 35.5 Å². The van der Waals surface area contributed by atoms with Gasteiger partial charge in [-0.05, 0) is 119 Å². The molecule has 0 aromatic rings. The largest absolute Gasteiger partial charge is 0.146 e. The maximum Gasteiger partial charge on any atom is 0.146 e. The van der Waals surface area contributed by atoms with Gasteiger partial charge >= 0.3 is 0 Å². The van der Waals surface area contributed by atoms with Gasteiger partial charge in [0.15, 0.2) is 0 Å². The summed E-state index contributed by atoms with van der Waals surface area (Å²) in [6.45, 7) is 1.15. The molecular formula is C33H55BP+. The molecule has 2 aliphatic heterocycles. The Balaban J connectivity index is 0.977. The SMILES string of the molecule is C(CCB1C2CCCC1CCC2)CC[PH+](C12CC3CC(CC(C3)C1)C2)C12CC3CC(CC(C3)C1)C2. The van der Waals surface area contributed by atoms with E-state index in [4.69, 9.17) is 0 Å². The molecule has 2 heteroatoms. The fraction of sp³-hybridized carbons (Fsp3) is 1.00. The highest BCUT2D eigenvalue weighted by Crippen LogP contribution is 2.79. The number of hydrogen-bond donors (Lipinski definition) is 0. The summed E-state index contributed by atoms with van der Waals surface area (Å²) in [5.74, 6) is 9.28. The highest BCUT2D eigenvalue weighted by molar-refractivity contribution is 7.61. The van der Waals surface area contributed by atoms with Crippen molar-refractivity contribution in [3.8, 4) is 0 Å². The van der Waals surface area contributed by atoms with E-state index in [2.05, 4.69) is 0 Å². The van der Waals surface area contributed by atoms with Crippen LogP contribution in [0.4, 0.5) is 0 Å². The van der Waals surface area contributed by atoms with E-state index in [0.29, 0.717) is 0 Å². The second-order valence-corrected chi connectivity index (χ2v) is 20.1. The quantitative estimate of drug-likeness (QED) is 0.179. The summed E-state index contributed by atoms with van der Waals surface area (Å²) in [7, 11) is -0.252. The topological polar surface area (TPSA) is 0 Å². The summed E-state index contributed by atoms with van der Waals surface area (Å²) >= 11 is 0. The van der Waals surface area contributed by atoms with Gasteiger partial charge in [-0.2, -0.15) is 0 Å². The van der Waals surface area contributed by atoms with Crippen molar-refractivity contribution in [3.05, 3.63) is 0 Å². The Hall–Kier alpha value is 0.495. The van der Waals surface area contributed by atoms with Gasteiger partial charge in [0.05, 0.1) is 16.5 Å². The van der Waals surface area contributed by atoms with E-state index in [0.717, 1.165) is 28.7 Å². The van der Waals surface area contributed by atoms with E-state index in [1.54, 1.807) is 147 Å². The average molecular weight is 494 g/mol. The molecular weight excluding hydrogens is 438 g/mol. The van der Waals surface area contributed by atoms with Crippen LogP contribution in [-0.2, 0) is 0 Å². The lowest BCUT2D eigenvalue weighted by Gasteiger charge is -2.63. The highest BCUT2D eigenvalue weighted by Gasteiger charge is 2.66. The Morgan fingerprint density at radius 2 is 0.914 bits per heavy atom. The summed E-state index contributed by atoms with van der Waals surface area (Å²) < 4.78 is 0. The van der Waals surface area contributed by atoms with Crippen LogP contribution in [0.2, 0.25) is 18.0 Å². The zero-order chi connectivity index (χ0) is 23.0. The van der Waals surface area contributed by atoms with Gasteiger partial charge in [-0.15, -0.1) is 0 Å². The van der Waals surface area contributed by atoms with Gasteiger partial charge in [0.2, 0.25) is 0 Å². The molecule has 0 amide bonds. The lowest BCUT2D eigenvalue weighted by Crippen LogP contribution is -2.56. The highest BCUT2D eigenvalue weighted by atomic mass is 31.1. The normalized spacial score (nSPS) is 52.3. The van der Waals surface area contributed by atoms with Crippen molar-refractivity contribution in [3.63, 3.8) is 0 Å². The van der Waals surface area contributed by atoms with Crippen LogP contribution in [-0.4, -0.2) is 23.2 Å². The predicted molar refractivity (Wildman–Crippen MR) is 155 cm³/mol. The van der Waals surface area contributed by atoms with Gasteiger partial charge in [-0.25, -0.2) is 0 Å². The molecule has 2 saturated heterocycles. The Labute approximate surface area is 219 Å². The summed E-state index contributed by atoms with van der Waals surface area (Å²) in [6, 6.07) is 0. The van der Waals surface area contributed by atoms with E-state index in [1.807, 2.05) is 0 Å². The zero-order valence-corrected chi connectivity index (χ0v) is 24.0. The molecule has 0 unspecified atom stereocenters. The maximum absolute atomic E-state index is 1.75. The van der Waals surface area contributed by atoms with E-state index in [9.17, 15) is 0 Å². The molecule has 10 rings (SSSR count). The lowest BCUT2D eigenvalue weighted by molar-refractivity contribution is 0.0185. The predicted octanol–water partition coefficient (Wildman–Crippen LogP) is 9.91. The molecule has 10 bridgehead atoms. The Morgan fingerprint density at radius 1 is 0.514 bits per heavy atom. The van der Waals surface area contributed by atoms with E-state index < -0.39 is 0 Å². The maximum atomic E-state index is 1.75. The van der Waals surface area contributed by atoms with Crippen molar-refractivity contribution in [2.45, 2.75) is 163 Å². The summed E-state index contributed by atoms with van der Waals surface area (Å²) in [4.78, 5) is 0. The third kappa shape index (κ3) is 4.08. The first-order valence-corrected chi connectivity index (χ1v) is 18.7. The minimum Gasteiger partial charge on any atom is -0.0737 e. The minimum absolute atomic E-state index is 0.252. The van der Waals surface area contributed by atoms with Crippen LogP contribution in [0.25, 0.3) is 0 Å². The number of unbranched alkanes of at least 4 members (excludes halogenated alkanes) is 2. The Bertz CT molecular complexity index is 651. The summed E-state index contributed by atoms with van der Waals surface area (Å²) in [6.07, 6.45) is 37.9. The molecule has 0 atom stereocenters. The molecule has 8 aliphatic carbocycles. The minimum atomic E-state index is -0.252. The molecule has 10 aliphatic rings. The zero-order valence-electron chi connectivity index (χ0n) is 23.0. The van der Waals surface area contributed by atoms with Crippen molar-refractivity contribution in [1.82, 2.24) is 0 Å². The Morgan fingerprint density at radius 3 is 1.31 bits per heavy atom. The molecule has 0 radical (unpaired) electrons. The summed E-state index contributed by atoms with van der Waals surface area (Å²) in [5.41, 5.74) is 0. The Kier molecular flexibility index (Phi) is 6.03. The monoisotopic (exact) mass is 493 g/mol. The number of fused-ring (bicyclic) bond motifs is 2. The summed E-state index contributed by atoms with van der Waals surface area (Å²) in [5, 5.41) is 1.82. The van der Waals surface area contributed by atoms with E-state index in [-0.39, 0.29) is 7.92 Å². The van der Waals surface area contributed by atoms with Crippen molar-refractivity contribution in [1.29, 1.82) is 0 Å². The smallest absolute Gasteiger partial charge is 0.0737 e. The van der Waals surface area contributed by atoms with E-state index >= 15 is 0 Å². The van der Waals surface area contributed by atoms with Crippen LogP contribution in [0.3, 0.4) is 0 Å². The fourth-order valence-corrected chi connectivity index (χ4v) is 20.2. The van der Waals surface area contributed by atoms with Gasteiger partial charge in [0, 0.05) is 7.92 Å². The number of hydrogen-bond acceptors (Lipinski definition) is 0. The van der Waals surface area contributed by atoms with Crippen LogP contribution >= 0.6 is 7.92 Å². The first-order chi connectivity index (χ1) is 17.2. The second kappa shape index (κ2) is 9.02. The molecule has 8 saturated carbocycles. The van der Waals surface area contributed by atoms with E-state index in [1.165, 1.54) is 35.5 Å². The molecule has 35 heavy (non-hydrogen) atoms. The van der Waals surface area contributed by atoms with Crippen LogP contribution in [0.5, 0.6) is 0 Å². The molecule has 0 N–H and O–H groups in total. The van der Waals surface area contributed by atoms with Gasteiger partial charge in [-0.3, -0.25) is 0 Å². The molecule has 194 valence electrons. The molecule has 0 aromatic carbocycles. The lowest BCUT2D eigenvalue weighted by atomic mass is 9.26. The van der Waals surface area contributed by atoms with Crippen molar-refractivity contribution in [2.75, 3.05) is 6.16 Å². The van der Waals surface area contributed by atoms with Crippen LogP contribution in [0.15, 0.2) is 0 Å². The molecule has 2 heterocycles. The first-order valence-electron chi connectivity index (χ1n) is 17.0. The second-order valence-electron chi connectivity index (χ2n) is 16.5. The van der Waals surface area contributed by atoms with Crippen LogP contribution in [0.1, 0.15) is 135 Å². The third-order valence-electron chi connectivity index (χ3n) is 14.3. The van der Waals surface area contributed by atoms with Crippen LogP contribution in [0, 0.1) is 35.5 Å². The van der Waals surface area contributed by atoms with Gasteiger partial charge in [0.25, 0.3) is 0 Å². The van der Waals surface area contributed by atoms with Crippen molar-refractivity contribution >= 4 is 14.6 Å². The average Bonchev–Trinajstić information content (AvgIpc) is 2.79. The first kappa shape index (κ1) is 23.4. The van der Waals surface area contributed by atoms with Gasteiger partial charge in [-0.1, -0.05) is 69.3 Å². The van der Waals surface area contributed by atoms with Crippen molar-refractivity contribution < 1.29 is 0 Å². The molecule has 0 aromatic heterocycles. The van der Waals surface area contributed by atoms with Gasteiger partial charge < -0.3 is 0 Å². The molecule has 0 nitrogen and oxygen atoms in total. The van der Waals surface area contributed by atoms with Gasteiger partial charge in [0.1, 0.15) is 6.71 Å². The number of rotatable bonds is 8. The standard InChI is InChI=1S/C33H54BP/c1(2-10-34-30-6-4-7-31(34)9-5-8-30)3-11-35(32-18-24-12-25(19-32)14-26(13-24)20-32)33-21-27-15-28(22-33)17-29(16-27)23-33/h24-31H,1-23H2/p+1.